The van der Waals surface area contributed by atoms with Crippen molar-refractivity contribution in [2.24, 2.45) is 0 Å². The average molecular weight is 388 g/mol. The van der Waals surface area contributed by atoms with E-state index in [-0.39, 0.29) is 29.4 Å². The molecule has 0 radical (unpaired) electrons. The van der Waals surface area contributed by atoms with Gasteiger partial charge in [0.05, 0.1) is 0 Å². The second-order valence-corrected chi connectivity index (χ2v) is 6.72. The number of aromatic hydroxyl groups is 1. The number of aromatic nitrogens is 2. The fourth-order valence-corrected chi connectivity index (χ4v) is 3.32. The van der Waals surface area contributed by atoms with Crippen LogP contribution in [0.4, 0.5) is 8.78 Å². The van der Waals surface area contributed by atoms with Crippen LogP contribution in [0.2, 0.25) is 0 Å². The van der Waals surface area contributed by atoms with E-state index < -0.39 is 6.29 Å². The molecule has 1 aromatic carbocycles. The summed E-state index contributed by atoms with van der Waals surface area (Å²) in [6.45, 7) is 0. The Balaban J connectivity index is 1.19. The molecule has 1 aliphatic heterocycles. The molecule has 0 atom stereocenters. The molecule has 0 unspecified atom stereocenters. The average Bonchev–Trinajstić information content (AvgIpc) is 3.19. The molecule has 144 valence electrons. The van der Waals surface area contributed by atoms with Crippen molar-refractivity contribution >= 4 is 0 Å². The van der Waals surface area contributed by atoms with Crippen LogP contribution in [0.3, 0.4) is 0 Å². The number of halogens is 2. The Morgan fingerprint density at radius 3 is 2.61 bits per heavy atom. The maximum Gasteiger partial charge on any atom is 0.586 e. The van der Waals surface area contributed by atoms with Gasteiger partial charge >= 0.3 is 6.29 Å². The van der Waals surface area contributed by atoms with Crippen LogP contribution < -0.4 is 14.2 Å². The van der Waals surface area contributed by atoms with Gasteiger partial charge in [0.15, 0.2) is 17.3 Å². The summed E-state index contributed by atoms with van der Waals surface area (Å²) >= 11 is 0. The second-order valence-electron chi connectivity index (χ2n) is 6.72. The van der Waals surface area contributed by atoms with Gasteiger partial charge in [-0.15, -0.1) is 8.78 Å². The van der Waals surface area contributed by atoms with E-state index >= 15 is 0 Å². The molecule has 0 saturated heterocycles. The van der Waals surface area contributed by atoms with Crippen LogP contribution in [-0.2, 0) is 0 Å². The molecule has 1 fully saturated rings. The summed E-state index contributed by atoms with van der Waals surface area (Å²) in [5, 5.41) is 12.6. The summed E-state index contributed by atoms with van der Waals surface area (Å²) in [6, 6.07) is 9.74. The van der Waals surface area contributed by atoms with E-state index in [1.54, 1.807) is 30.5 Å². The third-order valence-electron chi connectivity index (χ3n) is 4.80. The van der Waals surface area contributed by atoms with Gasteiger partial charge in [0.1, 0.15) is 6.10 Å². The van der Waals surface area contributed by atoms with Crippen LogP contribution in [-0.4, -0.2) is 27.6 Å². The lowest BCUT2D eigenvalue weighted by molar-refractivity contribution is -0.286. The van der Waals surface area contributed by atoms with E-state index in [1.807, 2.05) is 0 Å². The molecule has 5 rings (SSSR count). The minimum atomic E-state index is -3.60. The number of nitrogens with zero attached hydrogens (tertiary/aromatic N) is 2. The van der Waals surface area contributed by atoms with Gasteiger partial charge in [-0.1, -0.05) is 6.07 Å². The standard InChI is InChI=1S/C19H14F2N2O5/c20-19(21)26-14-3-1-10(7-16(14)27-19)12-5-13(6-12)25-18-4-2-11(9-22-18)15-8-17(24)23-28-15/h1-4,7-9,12-13H,5-6H2,(H,23,24)/t12-,13+. The first-order valence-electron chi connectivity index (χ1n) is 8.64. The van der Waals surface area contributed by atoms with Gasteiger partial charge in [-0.3, -0.25) is 0 Å². The minimum Gasteiger partial charge on any atom is -0.491 e. The molecule has 3 heterocycles. The molecular weight excluding hydrogens is 374 g/mol. The molecule has 2 aliphatic rings. The third-order valence-corrected chi connectivity index (χ3v) is 4.80. The zero-order valence-corrected chi connectivity index (χ0v) is 14.3. The highest BCUT2D eigenvalue weighted by Gasteiger charge is 2.44. The third kappa shape index (κ3) is 3.08. The van der Waals surface area contributed by atoms with Crippen molar-refractivity contribution < 1.29 is 32.6 Å². The highest BCUT2D eigenvalue weighted by molar-refractivity contribution is 5.57. The van der Waals surface area contributed by atoms with Crippen molar-refractivity contribution in [2.45, 2.75) is 31.2 Å². The van der Waals surface area contributed by atoms with Gasteiger partial charge in [0, 0.05) is 23.9 Å². The fourth-order valence-electron chi connectivity index (χ4n) is 3.32. The highest BCUT2D eigenvalue weighted by Crippen LogP contribution is 2.46. The zero-order valence-electron chi connectivity index (χ0n) is 14.3. The maximum absolute atomic E-state index is 13.1. The Bertz CT molecular complexity index is 1020. The lowest BCUT2D eigenvalue weighted by Crippen LogP contribution is -2.32. The largest absolute Gasteiger partial charge is 0.586 e. The summed E-state index contributed by atoms with van der Waals surface area (Å²) in [5.41, 5.74) is 1.58. The monoisotopic (exact) mass is 388 g/mol. The summed E-state index contributed by atoms with van der Waals surface area (Å²) in [5.74, 6) is 0.996. The Hall–Kier alpha value is -3.36. The Labute approximate surface area is 157 Å². The molecule has 2 aromatic heterocycles. The number of rotatable bonds is 4. The van der Waals surface area contributed by atoms with E-state index in [2.05, 4.69) is 19.6 Å². The Morgan fingerprint density at radius 2 is 1.89 bits per heavy atom. The van der Waals surface area contributed by atoms with E-state index in [4.69, 9.17) is 9.26 Å². The molecule has 1 N–H and O–H groups in total. The predicted molar refractivity (Wildman–Crippen MR) is 90.4 cm³/mol. The smallest absolute Gasteiger partial charge is 0.491 e. The lowest BCUT2D eigenvalue weighted by Gasteiger charge is -2.35. The first-order chi connectivity index (χ1) is 13.4. The molecule has 3 aromatic rings. The summed E-state index contributed by atoms with van der Waals surface area (Å²) in [7, 11) is 0. The van der Waals surface area contributed by atoms with Crippen molar-refractivity contribution in [3.8, 4) is 34.6 Å². The van der Waals surface area contributed by atoms with E-state index in [0.717, 1.165) is 18.4 Å². The fraction of sp³-hybridized carbons (Fsp3) is 0.263. The van der Waals surface area contributed by atoms with Crippen LogP contribution in [0.5, 0.6) is 23.3 Å². The number of hydrogen-bond acceptors (Lipinski definition) is 7. The SMILES string of the molecule is Oc1cc(-c2ccc(O[C@H]3C[C@@H](c4ccc5c(c4)OC(F)(F)O5)C3)nc2)on1. The Kier molecular flexibility index (Phi) is 3.65. The number of fused-ring (bicyclic) bond motifs is 1. The van der Waals surface area contributed by atoms with Crippen LogP contribution in [0.1, 0.15) is 24.3 Å². The van der Waals surface area contributed by atoms with Gasteiger partial charge in [-0.25, -0.2) is 4.98 Å². The summed E-state index contributed by atoms with van der Waals surface area (Å²) in [6.07, 6.45) is -0.549. The second kappa shape index (κ2) is 6.08. The summed E-state index contributed by atoms with van der Waals surface area (Å²) < 4.78 is 45.9. The van der Waals surface area contributed by atoms with Crippen LogP contribution in [0.15, 0.2) is 47.1 Å². The molecule has 0 bridgehead atoms. The van der Waals surface area contributed by atoms with Gasteiger partial charge in [-0.05, 0) is 47.7 Å². The highest BCUT2D eigenvalue weighted by atomic mass is 19.3. The molecule has 7 nitrogen and oxygen atoms in total. The normalized spacial score (nSPS) is 21.9. The lowest BCUT2D eigenvalue weighted by atomic mass is 9.77. The number of benzene rings is 1. The molecule has 9 heteroatoms. The van der Waals surface area contributed by atoms with Crippen molar-refractivity contribution in [3.63, 3.8) is 0 Å². The molecule has 0 spiro atoms. The van der Waals surface area contributed by atoms with Gasteiger partial charge in [0.2, 0.25) is 5.88 Å². The summed E-state index contributed by atoms with van der Waals surface area (Å²) in [4.78, 5) is 4.24. The number of pyridine rings is 1. The number of hydrogen-bond donors (Lipinski definition) is 1. The van der Waals surface area contributed by atoms with E-state index in [9.17, 15) is 13.9 Å². The van der Waals surface area contributed by atoms with Crippen LogP contribution in [0.25, 0.3) is 11.3 Å². The molecule has 0 amide bonds. The number of ether oxygens (including phenoxy) is 3. The van der Waals surface area contributed by atoms with Gasteiger partial charge < -0.3 is 23.8 Å². The minimum absolute atomic E-state index is 0.00969. The predicted octanol–water partition coefficient (Wildman–Crippen LogP) is 4.09. The molecule has 28 heavy (non-hydrogen) atoms. The number of alkyl halides is 2. The zero-order chi connectivity index (χ0) is 19.3. The Morgan fingerprint density at radius 1 is 1.07 bits per heavy atom. The first-order valence-corrected chi connectivity index (χ1v) is 8.64. The molecular formula is C19H14F2N2O5. The van der Waals surface area contributed by atoms with E-state index in [0.29, 0.717) is 17.2 Å². The van der Waals surface area contributed by atoms with Gasteiger partial charge in [0.25, 0.3) is 5.88 Å². The van der Waals surface area contributed by atoms with Crippen LogP contribution in [0, 0.1) is 0 Å². The molecule has 1 saturated carbocycles. The van der Waals surface area contributed by atoms with Crippen LogP contribution >= 0.6 is 0 Å². The van der Waals surface area contributed by atoms with Crippen molar-refractivity contribution in [2.75, 3.05) is 0 Å². The first kappa shape index (κ1) is 16.8. The molecule has 1 aliphatic carbocycles. The topological polar surface area (TPSA) is 86.8 Å². The maximum atomic E-state index is 13.1. The van der Waals surface area contributed by atoms with E-state index in [1.165, 1.54) is 12.1 Å². The van der Waals surface area contributed by atoms with Crippen molar-refractivity contribution in [1.82, 2.24) is 10.1 Å². The van der Waals surface area contributed by atoms with Crippen molar-refractivity contribution in [1.29, 1.82) is 0 Å². The van der Waals surface area contributed by atoms with Gasteiger partial charge in [-0.2, -0.15) is 0 Å². The quantitative estimate of drug-likeness (QED) is 0.720. The van der Waals surface area contributed by atoms with Crippen molar-refractivity contribution in [3.05, 3.63) is 48.2 Å².